The molecule has 1 aliphatic rings. The highest BCUT2D eigenvalue weighted by Crippen LogP contribution is 2.38. The number of pyridine rings is 1. The molecule has 1 saturated heterocycles. The molecule has 3 aromatic rings. The number of carbonyl (C=O) groups is 1. The first-order valence-electron chi connectivity index (χ1n) is 11.8. The Hall–Kier alpha value is -3.33. The summed E-state index contributed by atoms with van der Waals surface area (Å²) in [5.41, 5.74) is 0.638. The number of methoxy groups -OCH3 is 1. The third kappa shape index (κ3) is 4.65. The van der Waals surface area contributed by atoms with Crippen LogP contribution in [0.5, 0.6) is 0 Å². The van der Waals surface area contributed by atoms with Gasteiger partial charge in [0.05, 0.1) is 25.0 Å². The van der Waals surface area contributed by atoms with Crippen molar-refractivity contribution >= 4 is 22.6 Å². The zero-order chi connectivity index (χ0) is 26.2. The van der Waals surface area contributed by atoms with E-state index >= 15 is 0 Å². The van der Waals surface area contributed by atoms with Crippen LogP contribution in [0.25, 0.3) is 10.9 Å². The molecule has 0 bridgehead atoms. The molecule has 2 heterocycles. The summed E-state index contributed by atoms with van der Waals surface area (Å²) in [6, 6.07) is 10.3. The zero-order valence-electron chi connectivity index (χ0n) is 21.1. The van der Waals surface area contributed by atoms with Crippen molar-refractivity contribution in [2.24, 2.45) is 0 Å². The highest BCUT2D eigenvalue weighted by molar-refractivity contribution is 5.92. The normalized spacial score (nSPS) is 19.2. The van der Waals surface area contributed by atoms with Gasteiger partial charge in [-0.25, -0.2) is 18.0 Å². The lowest BCUT2D eigenvalue weighted by Crippen LogP contribution is -2.40. The Morgan fingerprint density at radius 2 is 2.00 bits per heavy atom. The van der Waals surface area contributed by atoms with Gasteiger partial charge >= 0.3 is 6.03 Å². The molecule has 0 saturated carbocycles. The van der Waals surface area contributed by atoms with Gasteiger partial charge in [0.25, 0.3) is 6.43 Å². The number of hydrogen-bond donors (Lipinski definition) is 1. The minimum atomic E-state index is -2.92. The van der Waals surface area contributed by atoms with E-state index in [1.807, 2.05) is 12.1 Å². The van der Waals surface area contributed by atoms with E-state index in [1.54, 1.807) is 39.1 Å². The van der Waals surface area contributed by atoms with Gasteiger partial charge in [-0.3, -0.25) is 4.98 Å². The monoisotopic (exact) mass is 487 g/mol. The van der Waals surface area contributed by atoms with Crippen LogP contribution in [0.2, 0.25) is 0 Å². The van der Waals surface area contributed by atoms with Crippen LogP contribution in [0, 0.1) is 5.82 Å². The molecule has 186 valence electrons. The molecule has 9 heteroatoms. The summed E-state index contributed by atoms with van der Waals surface area (Å²) in [7, 11) is 5.02. The van der Waals surface area contributed by atoms with Gasteiger partial charge < -0.3 is 19.9 Å². The average Bonchev–Trinajstić information content (AvgIpc) is 3.29. The number of fused-ring (bicyclic) bond motifs is 1. The van der Waals surface area contributed by atoms with E-state index in [9.17, 15) is 18.0 Å². The van der Waals surface area contributed by atoms with Gasteiger partial charge in [0.2, 0.25) is 0 Å². The van der Waals surface area contributed by atoms with E-state index in [2.05, 4.69) is 10.3 Å². The fourth-order valence-electron chi connectivity index (χ4n) is 4.63. The molecule has 1 N–H and O–H groups in total. The molecule has 6 nitrogen and oxygen atoms in total. The SMILES string of the molecule is [2H]c1cc(N[C@H](C)c2cccc(C(F)F)c2F)c2cc([C@]3(OC)CCN(C(=O)N(C)C)C3)ccc2n1. The lowest BCUT2D eigenvalue weighted by Gasteiger charge is -2.30. The minimum absolute atomic E-state index is 0.0110. The number of benzene rings is 2. The van der Waals surface area contributed by atoms with Gasteiger partial charge in [-0.15, -0.1) is 0 Å². The van der Waals surface area contributed by atoms with Crippen molar-refractivity contribution in [3.8, 4) is 0 Å². The predicted molar refractivity (Wildman–Crippen MR) is 129 cm³/mol. The first-order valence-corrected chi connectivity index (χ1v) is 11.3. The molecule has 0 spiro atoms. The standard InChI is InChI=1S/C26H29F3N4O2/c1-16(18-6-5-7-19(23(18)27)24(28)29)31-22-10-12-30-21-9-8-17(14-20(21)22)26(35-4)11-13-33(15-26)25(34)32(2)3/h5-10,12,14,16,24H,11,13,15H2,1-4H3,(H,30,31)/t16-,26+/m1/s1/i12D. The second-order valence-corrected chi connectivity index (χ2v) is 8.99. The number of nitrogens with one attached hydrogen (secondary N) is 1. The zero-order valence-corrected chi connectivity index (χ0v) is 20.1. The van der Waals surface area contributed by atoms with Crippen LogP contribution in [0.1, 0.15) is 43.9 Å². The maximum Gasteiger partial charge on any atom is 0.319 e. The van der Waals surface area contributed by atoms with Gasteiger partial charge in [0.1, 0.15) is 11.4 Å². The number of nitrogens with zero attached hydrogens (tertiary/aromatic N) is 3. The molecule has 1 aliphatic heterocycles. The minimum Gasteiger partial charge on any atom is -0.378 e. The maximum absolute atomic E-state index is 14.8. The van der Waals surface area contributed by atoms with Crippen molar-refractivity contribution in [2.75, 3.05) is 39.6 Å². The van der Waals surface area contributed by atoms with Crippen molar-refractivity contribution < 1.29 is 24.1 Å². The molecule has 2 atom stereocenters. The van der Waals surface area contributed by atoms with Gasteiger partial charge in [-0.05, 0) is 30.7 Å². The van der Waals surface area contributed by atoms with Crippen molar-refractivity contribution in [2.45, 2.75) is 31.4 Å². The summed E-state index contributed by atoms with van der Waals surface area (Å²) < 4.78 is 55.3. The van der Waals surface area contributed by atoms with Crippen LogP contribution >= 0.6 is 0 Å². The summed E-state index contributed by atoms with van der Waals surface area (Å²) in [6.07, 6.45) is -2.31. The molecular weight excluding hydrogens is 457 g/mol. The molecule has 0 radical (unpaired) electrons. The molecule has 1 fully saturated rings. The molecule has 0 unspecified atom stereocenters. The van der Waals surface area contributed by atoms with Crippen LogP contribution in [-0.2, 0) is 10.3 Å². The molecule has 0 aliphatic carbocycles. The fraction of sp³-hybridized carbons (Fsp3) is 0.385. The van der Waals surface area contributed by atoms with Crippen LogP contribution in [0.4, 0.5) is 23.7 Å². The van der Waals surface area contributed by atoms with E-state index < -0.39 is 29.4 Å². The van der Waals surface area contributed by atoms with E-state index in [-0.39, 0.29) is 17.8 Å². The van der Waals surface area contributed by atoms with E-state index in [4.69, 9.17) is 6.11 Å². The van der Waals surface area contributed by atoms with Gasteiger partial charge in [-0.1, -0.05) is 24.3 Å². The van der Waals surface area contributed by atoms with E-state index in [0.29, 0.717) is 36.1 Å². The van der Waals surface area contributed by atoms with Crippen molar-refractivity contribution in [3.05, 3.63) is 71.1 Å². The number of amides is 2. The van der Waals surface area contributed by atoms with Crippen LogP contribution in [-0.4, -0.2) is 55.1 Å². The number of likely N-dealkylation sites (tertiary alicyclic amines) is 1. The largest absolute Gasteiger partial charge is 0.378 e. The number of halogens is 3. The Morgan fingerprint density at radius 1 is 1.26 bits per heavy atom. The lowest BCUT2D eigenvalue weighted by molar-refractivity contribution is -0.00377. The number of ether oxygens (including phenoxy) is 1. The van der Waals surface area contributed by atoms with Crippen LogP contribution in [0.3, 0.4) is 0 Å². The Labute approximate surface area is 204 Å². The summed E-state index contributed by atoms with van der Waals surface area (Å²) in [5.74, 6) is -0.951. The smallest absolute Gasteiger partial charge is 0.319 e. The number of urea groups is 1. The van der Waals surface area contributed by atoms with Crippen LogP contribution < -0.4 is 5.32 Å². The molecule has 35 heavy (non-hydrogen) atoms. The van der Waals surface area contributed by atoms with Crippen LogP contribution in [0.15, 0.2) is 48.6 Å². The topological polar surface area (TPSA) is 57.7 Å². The van der Waals surface area contributed by atoms with Crippen molar-refractivity contribution in [1.29, 1.82) is 0 Å². The quantitative estimate of drug-likeness (QED) is 0.484. The third-order valence-corrected chi connectivity index (χ3v) is 6.61. The predicted octanol–water partition coefficient (Wildman–Crippen LogP) is 5.71. The first kappa shape index (κ1) is 23.4. The van der Waals surface area contributed by atoms with E-state index in [1.165, 1.54) is 23.1 Å². The Bertz CT molecular complexity index is 1290. The summed E-state index contributed by atoms with van der Waals surface area (Å²) in [4.78, 5) is 20.1. The van der Waals surface area contributed by atoms with Gasteiger partial charge in [0, 0.05) is 57.0 Å². The number of hydrogen-bond acceptors (Lipinski definition) is 4. The Morgan fingerprint density at radius 3 is 2.69 bits per heavy atom. The molecular formula is C26H29F3N4O2. The highest BCUT2D eigenvalue weighted by atomic mass is 19.3. The van der Waals surface area contributed by atoms with Gasteiger partial charge in [-0.2, -0.15) is 0 Å². The van der Waals surface area contributed by atoms with Gasteiger partial charge in [0.15, 0.2) is 0 Å². The number of aromatic nitrogens is 1. The number of carbonyl (C=O) groups excluding carboxylic acids is 1. The molecule has 4 rings (SSSR count). The first-order chi connectivity index (χ1) is 17.1. The molecule has 2 aromatic carbocycles. The summed E-state index contributed by atoms with van der Waals surface area (Å²) in [5, 5.41) is 3.86. The highest BCUT2D eigenvalue weighted by Gasteiger charge is 2.42. The molecule has 2 amide bonds. The summed E-state index contributed by atoms with van der Waals surface area (Å²) in [6.45, 7) is 2.58. The average molecular weight is 488 g/mol. The third-order valence-electron chi connectivity index (χ3n) is 6.61. The number of alkyl halides is 2. The fourth-order valence-corrected chi connectivity index (χ4v) is 4.63. The molecule has 1 aromatic heterocycles. The van der Waals surface area contributed by atoms with E-state index in [0.717, 1.165) is 11.6 Å². The number of anilines is 1. The van der Waals surface area contributed by atoms with Crippen molar-refractivity contribution in [1.82, 2.24) is 14.8 Å². The van der Waals surface area contributed by atoms with Crippen molar-refractivity contribution in [3.63, 3.8) is 0 Å². The summed E-state index contributed by atoms with van der Waals surface area (Å²) >= 11 is 0. The Kier molecular flexibility index (Phi) is 6.51. The lowest BCUT2D eigenvalue weighted by atomic mass is 9.91. The number of rotatable bonds is 6. The Balaban J connectivity index is 1.72. The second-order valence-electron chi connectivity index (χ2n) is 8.99. The maximum atomic E-state index is 14.8. The second kappa shape index (κ2) is 9.73.